The van der Waals surface area contributed by atoms with Crippen molar-refractivity contribution in [2.24, 2.45) is 0 Å². The zero-order chi connectivity index (χ0) is 14.2. The number of aliphatic hydroxyl groups excluding tert-OH is 1. The van der Waals surface area contributed by atoms with E-state index in [1.807, 2.05) is 0 Å². The summed E-state index contributed by atoms with van der Waals surface area (Å²) in [6.45, 7) is -0.196. The highest BCUT2D eigenvalue weighted by Gasteiger charge is 2.20. The Bertz CT molecular complexity index is 615. The van der Waals surface area contributed by atoms with E-state index in [4.69, 9.17) is 63.1 Å². The van der Waals surface area contributed by atoms with E-state index in [0.29, 0.717) is 16.8 Å². The van der Waals surface area contributed by atoms with Crippen LogP contribution in [0, 0.1) is 0 Å². The standard InChI is InChI=1S/C12H6Cl5NO/c13-8-7(5-1-2-18-6(3-5)4-19)9(14)11(16)12(17)10(8)15/h1-3,19H,4H2. The molecule has 1 N–H and O–H groups in total. The molecular weight excluding hydrogens is 351 g/mol. The van der Waals surface area contributed by atoms with Crippen LogP contribution in [0.25, 0.3) is 11.1 Å². The van der Waals surface area contributed by atoms with Gasteiger partial charge in [-0.3, -0.25) is 4.98 Å². The molecule has 0 unspecified atom stereocenters. The van der Waals surface area contributed by atoms with Gasteiger partial charge in [0.15, 0.2) is 0 Å². The molecule has 2 rings (SSSR count). The predicted molar refractivity (Wildman–Crippen MR) is 80.6 cm³/mol. The third kappa shape index (κ3) is 2.80. The number of rotatable bonds is 2. The van der Waals surface area contributed by atoms with Crippen LogP contribution >= 0.6 is 58.0 Å². The Kier molecular flexibility index (Phi) is 4.83. The molecule has 7 heteroatoms. The zero-order valence-electron chi connectivity index (χ0n) is 9.22. The minimum atomic E-state index is -0.196. The van der Waals surface area contributed by atoms with Crippen LogP contribution in [0.1, 0.15) is 5.69 Å². The van der Waals surface area contributed by atoms with Gasteiger partial charge in [-0.15, -0.1) is 0 Å². The molecule has 0 amide bonds. The summed E-state index contributed by atoms with van der Waals surface area (Å²) >= 11 is 30.3. The number of pyridine rings is 1. The van der Waals surface area contributed by atoms with Crippen molar-refractivity contribution in [3.05, 3.63) is 49.1 Å². The van der Waals surface area contributed by atoms with Crippen LogP contribution in [-0.4, -0.2) is 10.1 Å². The van der Waals surface area contributed by atoms with E-state index < -0.39 is 0 Å². The van der Waals surface area contributed by atoms with E-state index in [9.17, 15) is 0 Å². The van der Waals surface area contributed by atoms with Crippen LogP contribution in [0.5, 0.6) is 0 Å². The lowest BCUT2D eigenvalue weighted by Gasteiger charge is -2.13. The third-order valence-corrected chi connectivity index (χ3v) is 4.75. The highest BCUT2D eigenvalue weighted by molar-refractivity contribution is 6.56. The van der Waals surface area contributed by atoms with Crippen molar-refractivity contribution in [2.45, 2.75) is 6.61 Å². The molecule has 0 aliphatic rings. The SMILES string of the molecule is OCc1cc(-c2c(Cl)c(Cl)c(Cl)c(Cl)c2Cl)ccn1. The lowest BCUT2D eigenvalue weighted by atomic mass is 10.1. The summed E-state index contributed by atoms with van der Waals surface area (Å²) < 4.78 is 0. The van der Waals surface area contributed by atoms with Gasteiger partial charge in [-0.25, -0.2) is 0 Å². The molecular formula is C12H6Cl5NO. The molecule has 0 fully saturated rings. The van der Waals surface area contributed by atoms with E-state index in [0.717, 1.165) is 0 Å². The van der Waals surface area contributed by atoms with E-state index in [1.165, 1.54) is 6.20 Å². The molecule has 0 saturated heterocycles. The summed E-state index contributed by atoms with van der Waals surface area (Å²) in [6, 6.07) is 3.33. The Morgan fingerprint density at radius 1 is 0.895 bits per heavy atom. The van der Waals surface area contributed by atoms with Gasteiger partial charge in [-0.2, -0.15) is 0 Å². The van der Waals surface area contributed by atoms with Crippen LogP contribution in [-0.2, 0) is 6.61 Å². The van der Waals surface area contributed by atoms with Gasteiger partial charge in [0.25, 0.3) is 0 Å². The minimum Gasteiger partial charge on any atom is -0.390 e. The topological polar surface area (TPSA) is 33.1 Å². The fourth-order valence-corrected chi connectivity index (χ4v) is 2.94. The first kappa shape index (κ1) is 15.2. The van der Waals surface area contributed by atoms with Crippen molar-refractivity contribution in [1.29, 1.82) is 0 Å². The molecule has 0 spiro atoms. The highest BCUT2D eigenvalue weighted by Crippen LogP contribution is 2.48. The fraction of sp³-hybridized carbons (Fsp3) is 0.0833. The van der Waals surface area contributed by atoms with E-state index in [1.54, 1.807) is 12.1 Å². The number of hydrogen-bond acceptors (Lipinski definition) is 2. The molecule has 1 aromatic heterocycles. The van der Waals surface area contributed by atoms with Crippen LogP contribution in [0.2, 0.25) is 25.1 Å². The first-order valence-corrected chi connectivity index (χ1v) is 6.94. The number of aromatic nitrogens is 1. The van der Waals surface area contributed by atoms with Crippen LogP contribution < -0.4 is 0 Å². The van der Waals surface area contributed by atoms with Crippen molar-refractivity contribution in [2.75, 3.05) is 0 Å². The number of nitrogens with zero attached hydrogens (tertiary/aromatic N) is 1. The van der Waals surface area contributed by atoms with Crippen molar-refractivity contribution in [3.63, 3.8) is 0 Å². The highest BCUT2D eigenvalue weighted by atomic mass is 35.5. The normalized spacial score (nSPS) is 10.8. The minimum absolute atomic E-state index is 0.110. The summed E-state index contributed by atoms with van der Waals surface area (Å²) in [4.78, 5) is 3.98. The van der Waals surface area contributed by atoms with Gasteiger partial charge in [-0.05, 0) is 17.7 Å². The maximum absolute atomic E-state index is 9.10. The maximum atomic E-state index is 9.10. The second-order valence-electron chi connectivity index (χ2n) is 3.64. The van der Waals surface area contributed by atoms with Crippen LogP contribution in [0.3, 0.4) is 0 Å². The first-order valence-electron chi connectivity index (χ1n) is 5.05. The van der Waals surface area contributed by atoms with Gasteiger partial charge in [-0.1, -0.05) is 58.0 Å². The predicted octanol–water partition coefficient (Wildman–Crippen LogP) is 5.51. The number of hydrogen-bond donors (Lipinski definition) is 1. The molecule has 2 aromatic rings. The Morgan fingerprint density at radius 3 is 1.95 bits per heavy atom. The van der Waals surface area contributed by atoms with Gasteiger partial charge >= 0.3 is 0 Å². The Morgan fingerprint density at radius 2 is 1.42 bits per heavy atom. The van der Waals surface area contributed by atoms with E-state index >= 15 is 0 Å². The molecule has 1 aromatic carbocycles. The smallest absolute Gasteiger partial charge is 0.0853 e. The Hall–Kier alpha value is -0.220. The van der Waals surface area contributed by atoms with Crippen molar-refractivity contribution < 1.29 is 5.11 Å². The lowest BCUT2D eigenvalue weighted by Crippen LogP contribution is -1.91. The molecule has 2 nitrogen and oxygen atoms in total. The molecule has 0 saturated carbocycles. The fourth-order valence-electron chi connectivity index (χ4n) is 1.58. The average molecular weight is 357 g/mol. The van der Waals surface area contributed by atoms with Crippen LogP contribution in [0.4, 0.5) is 0 Å². The number of aliphatic hydroxyl groups is 1. The Balaban J connectivity index is 2.75. The summed E-state index contributed by atoms with van der Waals surface area (Å²) in [7, 11) is 0. The van der Waals surface area contributed by atoms with E-state index in [2.05, 4.69) is 4.98 Å². The van der Waals surface area contributed by atoms with Gasteiger partial charge in [0.05, 0.1) is 37.4 Å². The molecule has 0 aliphatic heterocycles. The first-order chi connectivity index (χ1) is 8.97. The maximum Gasteiger partial charge on any atom is 0.0853 e. The average Bonchev–Trinajstić information content (AvgIpc) is 2.43. The lowest BCUT2D eigenvalue weighted by molar-refractivity contribution is 0.277. The summed E-state index contributed by atoms with van der Waals surface area (Å²) in [6.07, 6.45) is 1.53. The number of halogens is 5. The van der Waals surface area contributed by atoms with Gasteiger partial charge in [0.1, 0.15) is 0 Å². The molecule has 0 aliphatic carbocycles. The molecule has 100 valence electrons. The third-order valence-electron chi connectivity index (χ3n) is 2.48. The summed E-state index contributed by atoms with van der Waals surface area (Å²) in [5.74, 6) is 0. The zero-order valence-corrected chi connectivity index (χ0v) is 13.0. The van der Waals surface area contributed by atoms with Crippen molar-refractivity contribution >= 4 is 58.0 Å². The molecule has 19 heavy (non-hydrogen) atoms. The Labute approximate surface area is 134 Å². The molecule has 1 heterocycles. The second kappa shape index (κ2) is 6.04. The summed E-state index contributed by atoms with van der Waals surface area (Å²) in [5.41, 5.74) is 1.58. The molecule has 0 atom stereocenters. The quantitative estimate of drug-likeness (QED) is 0.568. The molecule has 0 bridgehead atoms. The van der Waals surface area contributed by atoms with Crippen molar-refractivity contribution in [3.8, 4) is 11.1 Å². The van der Waals surface area contributed by atoms with Gasteiger partial charge in [0.2, 0.25) is 0 Å². The van der Waals surface area contributed by atoms with E-state index in [-0.39, 0.29) is 31.7 Å². The van der Waals surface area contributed by atoms with Gasteiger partial charge < -0.3 is 5.11 Å². The summed E-state index contributed by atoms with van der Waals surface area (Å²) in [5, 5.41) is 9.89. The number of benzene rings is 1. The largest absolute Gasteiger partial charge is 0.390 e. The van der Waals surface area contributed by atoms with Crippen LogP contribution in [0.15, 0.2) is 18.3 Å². The van der Waals surface area contributed by atoms with Gasteiger partial charge in [0, 0.05) is 11.8 Å². The molecule has 0 radical (unpaired) electrons. The van der Waals surface area contributed by atoms with Crippen molar-refractivity contribution in [1.82, 2.24) is 4.98 Å². The second-order valence-corrected chi connectivity index (χ2v) is 5.53. The monoisotopic (exact) mass is 355 g/mol.